The molecule has 0 saturated carbocycles. The molecule has 2 heterocycles. The van der Waals surface area contributed by atoms with Gasteiger partial charge in [-0.1, -0.05) is 0 Å². The first-order valence-corrected chi connectivity index (χ1v) is 7.33. The molecule has 0 unspecified atom stereocenters. The second-order valence-corrected chi connectivity index (χ2v) is 5.64. The quantitative estimate of drug-likeness (QED) is 0.785. The van der Waals surface area contributed by atoms with Gasteiger partial charge in [0, 0.05) is 30.0 Å². The maximum Gasteiger partial charge on any atom is 0.112 e. The van der Waals surface area contributed by atoms with E-state index in [1.807, 2.05) is 26.2 Å². The first-order chi connectivity index (χ1) is 9.66. The lowest BCUT2D eigenvalue weighted by Gasteiger charge is -2.11. The number of pyridine rings is 2. The molecular formula is C14H19BrN4O. The van der Waals surface area contributed by atoms with Crippen molar-refractivity contribution in [2.75, 3.05) is 45.7 Å². The molecule has 0 aliphatic heterocycles. The van der Waals surface area contributed by atoms with Crippen LogP contribution in [0, 0.1) is 0 Å². The van der Waals surface area contributed by atoms with Gasteiger partial charge < -0.3 is 15.0 Å². The molecule has 0 saturated heterocycles. The van der Waals surface area contributed by atoms with Crippen molar-refractivity contribution in [2.45, 2.75) is 0 Å². The molecule has 0 fully saturated rings. The summed E-state index contributed by atoms with van der Waals surface area (Å²) >= 11 is 3.40. The fourth-order valence-electron chi connectivity index (χ4n) is 1.76. The zero-order valence-electron chi connectivity index (χ0n) is 11.8. The minimum Gasteiger partial charge on any atom is -0.381 e. The van der Waals surface area contributed by atoms with Crippen LogP contribution in [0.4, 0.5) is 5.69 Å². The van der Waals surface area contributed by atoms with E-state index in [4.69, 9.17) is 4.74 Å². The predicted molar refractivity (Wildman–Crippen MR) is 85.1 cm³/mol. The van der Waals surface area contributed by atoms with Crippen LogP contribution < -0.4 is 5.32 Å². The van der Waals surface area contributed by atoms with Crippen molar-refractivity contribution in [1.82, 2.24) is 14.9 Å². The fraction of sp³-hybridized carbons (Fsp3) is 0.429. The topological polar surface area (TPSA) is 50.3 Å². The zero-order chi connectivity index (χ0) is 14.4. The second-order valence-electron chi connectivity index (χ2n) is 4.72. The van der Waals surface area contributed by atoms with Gasteiger partial charge in [-0.05, 0) is 42.2 Å². The van der Waals surface area contributed by atoms with Crippen LogP contribution in [-0.4, -0.2) is 55.3 Å². The van der Waals surface area contributed by atoms with Gasteiger partial charge in [-0.25, -0.2) is 0 Å². The van der Waals surface area contributed by atoms with Crippen molar-refractivity contribution in [3.05, 3.63) is 29.0 Å². The van der Waals surface area contributed by atoms with E-state index >= 15 is 0 Å². The summed E-state index contributed by atoms with van der Waals surface area (Å²) in [7, 11) is 4.07. The molecule has 0 aliphatic carbocycles. The van der Waals surface area contributed by atoms with Crippen molar-refractivity contribution in [3.8, 4) is 0 Å². The molecule has 2 aromatic rings. The van der Waals surface area contributed by atoms with Crippen LogP contribution in [0.3, 0.4) is 0 Å². The Kier molecular flexibility index (Phi) is 5.70. The maximum absolute atomic E-state index is 5.55. The van der Waals surface area contributed by atoms with Crippen LogP contribution in [0.1, 0.15) is 0 Å². The summed E-state index contributed by atoms with van der Waals surface area (Å²) < 4.78 is 6.48. The van der Waals surface area contributed by atoms with Crippen molar-refractivity contribution in [2.24, 2.45) is 0 Å². The van der Waals surface area contributed by atoms with E-state index in [1.54, 1.807) is 12.4 Å². The molecule has 108 valence electrons. The van der Waals surface area contributed by atoms with Gasteiger partial charge in [-0.3, -0.25) is 9.97 Å². The Morgan fingerprint density at radius 3 is 2.95 bits per heavy atom. The number of nitrogens with one attached hydrogen (secondary N) is 1. The SMILES string of the molecule is CN(C)CCOCCNc1ccnc2cc(Br)cnc12. The van der Waals surface area contributed by atoms with E-state index in [-0.39, 0.29) is 0 Å². The van der Waals surface area contributed by atoms with Gasteiger partial charge in [0.2, 0.25) is 0 Å². The van der Waals surface area contributed by atoms with Gasteiger partial charge in [-0.15, -0.1) is 0 Å². The lowest BCUT2D eigenvalue weighted by molar-refractivity contribution is 0.126. The number of halogens is 1. The number of rotatable bonds is 7. The minimum absolute atomic E-state index is 0.675. The zero-order valence-corrected chi connectivity index (χ0v) is 13.4. The van der Waals surface area contributed by atoms with Crippen molar-refractivity contribution >= 4 is 32.7 Å². The van der Waals surface area contributed by atoms with E-state index in [2.05, 4.69) is 36.1 Å². The van der Waals surface area contributed by atoms with Crippen molar-refractivity contribution in [1.29, 1.82) is 0 Å². The second kappa shape index (κ2) is 7.52. The summed E-state index contributed by atoms with van der Waals surface area (Å²) in [6.07, 6.45) is 3.56. The highest BCUT2D eigenvalue weighted by atomic mass is 79.9. The Morgan fingerprint density at radius 1 is 1.30 bits per heavy atom. The van der Waals surface area contributed by atoms with E-state index in [0.717, 1.165) is 40.9 Å². The van der Waals surface area contributed by atoms with Gasteiger partial charge in [0.1, 0.15) is 5.52 Å². The molecule has 0 atom stereocenters. The summed E-state index contributed by atoms with van der Waals surface area (Å²) in [5, 5.41) is 3.34. The average molecular weight is 339 g/mol. The normalized spacial score (nSPS) is 11.2. The highest BCUT2D eigenvalue weighted by Gasteiger charge is 2.03. The van der Waals surface area contributed by atoms with Gasteiger partial charge in [0.15, 0.2) is 0 Å². The van der Waals surface area contributed by atoms with Gasteiger partial charge >= 0.3 is 0 Å². The van der Waals surface area contributed by atoms with Crippen molar-refractivity contribution in [3.63, 3.8) is 0 Å². The standard InChI is InChI=1S/C14H19BrN4O/c1-19(2)6-8-20-7-5-17-12-3-4-16-13-9-11(15)10-18-14(12)13/h3-4,9-10H,5-8H2,1-2H3,(H,16,17). The fourth-order valence-corrected chi connectivity index (χ4v) is 2.07. The maximum atomic E-state index is 5.55. The number of ether oxygens (including phenoxy) is 1. The molecule has 0 aromatic carbocycles. The van der Waals surface area contributed by atoms with Crippen LogP contribution in [0.25, 0.3) is 11.0 Å². The molecule has 0 bridgehead atoms. The monoisotopic (exact) mass is 338 g/mol. The summed E-state index contributed by atoms with van der Waals surface area (Å²) in [5.74, 6) is 0. The summed E-state index contributed by atoms with van der Waals surface area (Å²) in [6, 6.07) is 3.89. The Labute approximate surface area is 127 Å². The molecule has 0 aliphatic rings. The van der Waals surface area contributed by atoms with Crippen LogP contribution >= 0.6 is 15.9 Å². The first-order valence-electron chi connectivity index (χ1n) is 6.53. The first kappa shape index (κ1) is 15.2. The van der Waals surface area contributed by atoms with Crippen molar-refractivity contribution < 1.29 is 4.74 Å². The van der Waals surface area contributed by atoms with E-state index in [0.29, 0.717) is 6.61 Å². The lowest BCUT2D eigenvalue weighted by Crippen LogP contribution is -2.20. The van der Waals surface area contributed by atoms with E-state index in [9.17, 15) is 0 Å². The smallest absolute Gasteiger partial charge is 0.112 e. The third-order valence-electron chi connectivity index (χ3n) is 2.79. The largest absolute Gasteiger partial charge is 0.381 e. The third-order valence-corrected chi connectivity index (χ3v) is 3.22. The van der Waals surface area contributed by atoms with Gasteiger partial charge in [0.05, 0.1) is 24.4 Å². The molecule has 0 spiro atoms. The Balaban J connectivity index is 1.87. The van der Waals surface area contributed by atoms with Gasteiger partial charge in [0.25, 0.3) is 0 Å². The third kappa shape index (κ3) is 4.40. The van der Waals surface area contributed by atoms with Gasteiger partial charge in [-0.2, -0.15) is 0 Å². The number of anilines is 1. The number of hydrogen-bond acceptors (Lipinski definition) is 5. The Morgan fingerprint density at radius 2 is 2.15 bits per heavy atom. The lowest BCUT2D eigenvalue weighted by atomic mass is 10.3. The number of likely N-dealkylation sites (N-methyl/N-ethyl adjacent to an activating group) is 1. The number of aromatic nitrogens is 2. The van der Waals surface area contributed by atoms with E-state index in [1.165, 1.54) is 0 Å². The summed E-state index contributed by atoms with van der Waals surface area (Å²) in [5.41, 5.74) is 2.74. The minimum atomic E-state index is 0.675. The molecule has 20 heavy (non-hydrogen) atoms. The Hall–Kier alpha value is -1.24. The summed E-state index contributed by atoms with van der Waals surface area (Å²) in [6.45, 7) is 3.11. The molecule has 2 rings (SSSR count). The molecule has 6 heteroatoms. The van der Waals surface area contributed by atoms with Crippen LogP contribution in [0.2, 0.25) is 0 Å². The molecule has 2 aromatic heterocycles. The molecule has 0 radical (unpaired) electrons. The summed E-state index contributed by atoms with van der Waals surface area (Å²) in [4.78, 5) is 10.8. The Bertz CT molecular complexity index is 562. The number of hydrogen-bond donors (Lipinski definition) is 1. The molecule has 5 nitrogen and oxygen atoms in total. The highest BCUT2D eigenvalue weighted by molar-refractivity contribution is 9.10. The van der Waals surface area contributed by atoms with Crippen LogP contribution in [-0.2, 0) is 4.74 Å². The average Bonchev–Trinajstić information content (AvgIpc) is 2.42. The predicted octanol–water partition coefficient (Wildman–Crippen LogP) is 2.38. The highest BCUT2D eigenvalue weighted by Crippen LogP contribution is 2.21. The van der Waals surface area contributed by atoms with E-state index < -0.39 is 0 Å². The van der Waals surface area contributed by atoms with Crippen LogP contribution in [0.15, 0.2) is 29.0 Å². The number of fused-ring (bicyclic) bond motifs is 1. The number of nitrogens with zero attached hydrogens (tertiary/aromatic N) is 3. The molecular weight excluding hydrogens is 320 g/mol. The molecule has 0 amide bonds. The van der Waals surface area contributed by atoms with Crippen LogP contribution in [0.5, 0.6) is 0 Å². The molecule has 1 N–H and O–H groups in total.